The largest absolute Gasteiger partial charge is 0.339 e. The Hall–Kier alpha value is -1.15. The number of rotatable bonds is 4. The average molecular weight is 346 g/mol. The third-order valence-corrected chi connectivity index (χ3v) is 5.85. The Bertz CT molecular complexity index is 657. The van der Waals surface area contributed by atoms with Gasteiger partial charge >= 0.3 is 0 Å². The van der Waals surface area contributed by atoms with Crippen LogP contribution >= 0.6 is 11.6 Å². The van der Waals surface area contributed by atoms with Gasteiger partial charge in [0, 0.05) is 38.2 Å². The number of hydrogen-bond acceptors (Lipinski definition) is 4. The first-order valence-electron chi connectivity index (χ1n) is 7.03. The third-order valence-electron chi connectivity index (χ3n) is 3.65. The van der Waals surface area contributed by atoms with Crippen molar-refractivity contribution in [2.45, 2.75) is 11.8 Å². The van der Waals surface area contributed by atoms with Crippen molar-refractivity contribution >= 4 is 27.5 Å². The van der Waals surface area contributed by atoms with Crippen molar-refractivity contribution in [2.24, 2.45) is 0 Å². The molecule has 1 aromatic carbocycles. The van der Waals surface area contributed by atoms with E-state index in [4.69, 9.17) is 11.6 Å². The third kappa shape index (κ3) is 3.78. The van der Waals surface area contributed by atoms with Crippen molar-refractivity contribution < 1.29 is 13.2 Å². The van der Waals surface area contributed by atoms with Gasteiger partial charge in [-0.25, -0.2) is 8.42 Å². The summed E-state index contributed by atoms with van der Waals surface area (Å²) in [5.41, 5.74) is 0.564. The number of halogens is 1. The molecule has 0 aliphatic carbocycles. The SMILES string of the molecule is Cc1cc(Cl)ccc1S(=O)(=O)N(C)CC(=O)N1CCNCC1. The lowest BCUT2D eigenvalue weighted by molar-refractivity contribution is -0.131. The van der Waals surface area contributed by atoms with Crippen molar-refractivity contribution in [1.29, 1.82) is 0 Å². The molecule has 1 aliphatic heterocycles. The first kappa shape index (κ1) is 17.2. The van der Waals surface area contributed by atoms with Crippen molar-refractivity contribution in [3.8, 4) is 0 Å². The van der Waals surface area contributed by atoms with Gasteiger partial charge in [-0.05, 0) is 30.7 Å². The highest BCUT2D eigenvalue weighted by atomic mass is 35.5. The molecule has 1 heterocycles. The monoisotopic (exact) mass is 345 g/mol. The maximum absolute atomic E-state index is 12.6. The van der Waals surface area contributed by atoms with Crippen LogP contribution in [0.3, 0.4) is 0 Å². The Morgan fingerprint density at radius 3 is 2.59 bits per heavy atom. The van der Waals surface area contributed by atoms with Gasteiger partial charge in [0.15, 0.2) is 0 Å². The maximum Gasteiger partial charge on any atom is 0.243 e. The fourth-order valence-corrected chi connectivity index (χ4v) is 3.91. The Labute approximate surface area is 136 Å². The summed E-state index contributed by atoms with van der Waals surface area (Å²) in [6, 6.07) is 4.60. The van der Waals surface area contributed by atoms with E-state index in [2.05, 4.69) is 5.32 Å². The fraction of sp³-hybridized carbons (Fsp3) is 0.500. The molecule has 0 unspecified atom stereocenters. The highest BCUT2D eigenvalue weighted by Gasteiger charge is 2.27. The van der Waals surface area contributed by atoms with Crippen molar-refractivity contribution in [1.82, 2.24) is 14.5 Å². The topological polar surface area (TPSA) is 69.7 Å². The van der Waals surface area contributed by atoms with Crippen LogP contribution in [-0.2, 0) is 14.8 Å². The van der Waals surface area contributed by atoms with E-state index in [9.17, 15) is 13.2 Å². The van der Waals surface area contributed by atoms with Crippen LogP contribution < -0.4 is 5.32 Å². The molecule has 1 N–H and O–H groups in total. The standard InChI is InChI=1S/C14H20ClN3O3S/c1-11-9-12(15)3-4-13(11)22(20,21)17(2)10-14(19)18-7-5-16-6-8-18/h3-4,9,16H,5-8,10H2,1-2H3. The smallest absolute Gasteiger partial charge is 0.243 e. The van der Waals surface area contributed by atoms with E-state index in [-0.39, 0.29) is 17.3 Å². The van der Waals surface area contributed by atoms with E-state index < -0.39 is 10.0 Å². The molecule has 0 bridgehead atoms. The molecule has 1 amide bonds. The van der Waals surface area contributed by atoms with Crippen LogP contribution in [0.1, 0.15) is 5.56 Å². The van der Waals surface area contributed by atoms with Gasteiger partial charge in [0.05, 0.1) is 11.4 Å². The number of nitrogens with zero attached hydrogens (tertiary/aromatic N) is 2. The van der Waals surface area contributed by atoms with Gasteiger partial charge in [0.2, 0.25) is 15.9 Å². The van der Waals surface area contributed by atoms with E-state index >= 15 is 0 Å². The number of sulfonamides is 1. The highest BCUT2D eigenvalue weighted by Crippen LogP contribution is 2.22. The summed E-state index contributed by atoms with van der Waals surface area (Å²) in [4.78, 5) is 14.0. The van der Waals surface area contributed by atoms with E-state index in [1.165, 1.54) is 19.2 Å². The zero-order valence-corrected chi connectivity index (χ0v) is 14.2. The van der Waals surface area contributed by atoms with Gasteiger partial charge in [0.1, 0.15) is 0 Å². The number of benzene rings is 1. The summed E-state index contributed by atoms with van der Waals surface area (Å²) in [6.07, 6.45) is 0. The molecule has 0 radical (unpaired) electrons. The minimum Gasteiger partial charge on any atom is -0.339 e. The van der Waals surface area contributed by atoms with Crippen LogP contribution in [0.4, 0.5) is 0 Å². The van der Waals surface area contributed by atoms with Crippen molar-refractivity contribution in [2.75, 3.05) is 39.8 Å². The first-order chi connectivity index (χ1) is 10.3. The second-order valence-corrected chi connectivity index (χ2v) is 7.75. The predicted octanol–water partition coefficient (Wildman–Crippen LogP) is 0.701. The molecular formula is C14H20ClN3O3S. The summed E-state index contributed by atoms with van der Waals surface area (Å²) in [6.45, 7) is 4.20. The van der Waals surface area contributed by atoms with Gasteiger partial charge in [-0.3, -0.25) is 4.79 Å². The molecule has 1 saturated heterocycles. The van der Waals surface area contributed by atoms with Crippen molar-refractivity contribution in [3.63, 3.8) is 0 Å². The summed E-state index contributed by atoms with van der Waals surface area (Å²) in [5.74, 6) is -0.181. The summed E-state index contributed by atoms with van der Waals surface area (Å²) < 4.78 is 26.3. The minimum atomic E-state index is -3.71. The molecule has 1 fully saturated rings. The number of amides is 1. The summed E-state index contributed by atoms with van der Waals surface area (Å²) in [5, 5.41) is 3.64. The van der Waals surface area contributed by atoms with Crippen LogP contribution in [-0.4, -0.2) is 63.3 Å². The fourth-order valence-electron chi connectivity index (χ4n) is 2.36. The lowest BCUT2D eigenvalue weighted by Gasteiger charge is -2.29. The number of likely N-dealkylation sites (N-methyl/N-ethyl adjacent to an activating group) is 1. The Morgan fingerprint density at radius 2 is 2.00 bits per heavy atom. The first-order valence-corrected chi connectivity index (χ1v) is 8.85. The Kier molecular flexibility index (Phi) is 5.44. The van der Waals surface area contributed by atoms with Gasteiger partial charge in [-0.15, -0.1) is 0 Å². The van der Waals surface area contributed by atoms with Crippen LogP contribution in [0, 0.1) is 6.92 Å². The predicted molar refractivity (Wildman–Crippen MR) is 85.5 cm³/mol. The molecule has 0 atom stereocenters. The number of carbonyl (C=O) groups is 1. The lowest BCUT2D eigenvalue weighted by Crippen LogP contribution is -2.49. The van der Waals surface area contributed by atoms with Gasteiger partial charge in [-0.1, -0.05) is 11.6 Å². The maximum atomic E-state index is 12.6. The number of aryl methyl sites for hydroxylation is 1. The van der Waals surface area contributed by atoms with E-state index in [1.54, 1.807) is 17.9 Å². The lowest BCUT2D eigenvalue weighted by atomic mass is 10.2. The molecule has 122 valence electrons. The quantitative estimate of drug-likeness (QED) is 0.872. The van der Waals surface area contributed by atoms with Crippen molar-refractivity contribution in [3.05, 3.63) is 28.8 Å². The second kappa shape index (κ2) is 6.95. The van der Waals surface area contributed by atoms with Crippen LogP contribution in [0.2, 0.25) is 5.02 Å². The number of piperazine rings is 1. The van der Waals surface area contributed by atoms with Gasteiger partial charge in [-0.2, -0.15) is 4.31 Å². The Morgan fingerprint density at radius 1 is 1.36 bits per heavy atom. The number of hydrogen-bond donors (Lipinski definition) is 1. The molecule has 8 heteroatoms. The van der Waals surface area contributed by atoms with Gasteiger partial charge in [0.25, 0.3) is 0 Å². The average Bonchev–Trinajstić information content (AvgIpc) is 2.47. The molecular weight excluding hydrogens is 326 g/mol. The van der Waals surface area contributed by atoms with E-state index in [1.807, 2.05) is 0 Å². The van der Waals surface area contributed by atoms with Crippen LogP contribution in [0.25, 0.3) is 0 Å². The summed E-state index contributed by atoms with van der Waals surface area (Å²) in [7, 11) is -2.29. The normalized spacial score (nSPS) is 16.1. The minimum absolute atomic E-state index is 0.162. The molecule has 0 spiro atoms. The Balaban J connectivity index is 2.13. The molecule has 2 rings (SSSR count). The van der Waals surface area contributed by atoms with Crippen LogP contribution in [0.5, 0.6) is 0 Å². The van der Waals surface area contributed by atoms with E-state index in [0.29, 0.717) is 23.7 Å². The zero-order chi connectivity index (χ0) is 16.3. The highest BCUT2D eigenvalue weighted by molar-refractivity contribution is 7.89. The van der Waals surface area contributed by atoms with Gasteiger partial charge < -0.3 is 10.2 Å². The molecule has 6 nitrogen and oxygen atoms in total. The molecule has 22 heavy (non-hydrogen) atoms. The molecule has 1 aromatic rings. The number of carbonyl (C=O) groups excluding carboxylic acids is 1. The molecule has 0 aromatic heterocycles. The molecule has 0 saturated carbocycles. The van der Waals surface area contributed by atoms with Crippen LogP contribution in [0.15, 0.2) is 23.1 Å². The van der Waals surface area contributed by atoms with E-state index in [0.717, 1.165) is 17.4 Å². The summed E-state index contributed by atoms with van der Waals surface area (Å²) >= 11 is 5.86. The second-order valence-electron chi connectivity index (χ2n) is 5.30. The number of nitrogens with one attached hydrogen (secondary N) is 1. The zero-order valence-electron chi connectivity index (χ0n) is 12.7. The molecule has 1 aliphatic rings.